The first kappa shape index (κ1) is 17.1. The monoisotopic (exact) mass is 351 g/mol. The highest BCUT2D eigenvalue weighted by Crippen LogP contribution is 2.33. The van der Waals surface area contributed by atoms with Gasteiger partial charge in [-0.2, -0.15) is 0 Å². The minimum atomic E-state index is -0.215. The second-order valence-corrected chi connectivity index (χ2v) is 6.94. The zero-order chi connectivity index (χ0) is 17.8. The van der Waals surface area contributed by atoms with E-state index in [1.165, 1.54) is 5.56 Å². The fraction of sp³-hybridized carbons (Fsp3) is 0.400. The van der Waals surface area contributed by atoms with Crippen LogP contribution in [0.5, 0.6) is 0 Å². The Morgan fingerprint density at radius 2 is 2.04 bits per heavy atom. The summed E-state index contributed by atoms with van der Waals surface area (Å²) in [5, 5.41) is 13.4. The lowest BCUT2D eigenvalue weighted by atomic mass is 9.78. The molecule has 6 heteroatoms. The van der Waals surface area contributed by atoms with Crippen LogP contribution in [0.3, 0.4) is 0 Å². The van der Waals surface area contributed by atoms with Crippen molar-refractivity contribution >= 4 is 5.91 Å². The van der Waals surface area contributed by atoms with Crippen LogP contribution in [0.2, 0.25) is 0 Å². The Labute approximate surface area is 153 Å². The van der Waals surface area contributed by atoms with Crippen molar-refractivity contribution in [3.63, 3.8) is 0 Å². The predicted molar refractivity (Wildman–Crippen MR) is 100 cm³/mol. The normalized spacial score (nSPS) is 28.2. The van der Waals surface area contributed by atoms with Gasteiger partial charge < -0.3 is 10.6 Å². The molecule has 3 heterocycles. The summed E-state index contributed by atoms with van der Waals surface area (Å²) in [5.74, 6) is 0.153. The number of piperidine rings is 1. The Bertz CT molecular complexity index is 723. The summed E-state index contributed by atoms with van der Waals surface area (Å²) in [5.41, 5.74) is 2.42. The van der Waals surface area contributed by atoms with E-state index in [2.05, 4.69) is 44.5 Å². The number of rotatable bonds is 5. The number of carbonyl (C=O) groups excluding carboxylic acids is 1. The van der Waals surface area contributed by atoms with E-state index in [1.54, 1.807) is 6.20 Å². The van der Waals surface area contributed by atoms with Gasteiger partial charge >= 0.3 is 0 Å². The van der Waals surface area contributed by atoms with Gasteiger partial charge in [-0.3, -0.25) is 20.4 Å². The largest absolute Gasteiger partial charge is 0.328 e. The van der Waals surface area contributed by atoms with Crippen molar-refractivity contribution in [3.8, 4) is 0 Å². The maximum atomic E-state index is 12.8. The van der Waals surface area contributed by atoms with E-state index in [9.17, 15) is 4.79 Å². The standard InChI is InChI=1S/C20H25N5O/c26-19-17-16(15-7-4-10-21-13-15)9-12-22-18(17)24-20(25-19)23-11-8-14-5-2-1-3-6-14/h1-7,10,13,16-18,20,22-24H,8-9,11-12H2,(H,25,26). The molecule has 0 saturated carbocycles. The molecule has 1 aromatic carbocycles. The van der Waals surface area contributed by atoms with Gasteiger partial charge in [0.25, 0.3) is 0 Å². The Balaban J connectivity index is 1.37. The molecule has 2 saturated heterocycles. The third-order valence-corrected chi connectivity index (χ3v) is 5.27. The molecule has 0 spiro atoms. The first-order valence-electron chi connectivity index (χ1n) is 9.28. The fourth-order valence-corrected chi connectivity index (χ4v) is 3.97. The molecule has 4 atom stereocenters. The highest BCUT2D eigenvalue weighted by atomic mass is 16.2. The molecule has 136 valence electrons. The van der Waals surface area contributed by atoms with Gasteiger partial charge in [0.1, 0.15) is 6.29 Å². The van der Waals surface area contributed by atoms with Gasteiger partial charge in [0.2, 0.25) is 5.91 Å². The number of aromatic nitrogens is 1. The molecule has 2 aromatic rings. The summed E-state index contributed by atoms with van der Waals surface area (Å²) in [4.78, 5) is 17.0. The Kier molecular flexibility index (Phi) is 5.24. The van der Waals surface area contributed by atoms with Crippen molar-refractivity contribution in [3.05, 3.63) is 66.0 Å². The minimum absolute atomic E-state index is 0.0306. The molecule has 2 aliphatic rings. The van der Waals surface area contributed by atoms with Gasteiger partial charge in [-0.1, -0.05) is 36.4 Å². The van der Waals surface area contributed by atoms with Crippen LogP contribution in [-0.4, -0.2) is 36.4 Å². The van der Waals surface area contributed by atoms with Gasteiger partial charge in [0, 0.05) is 24.9 Å². The lowest BCUT2D eigenvalue weighted by Gasteiger charge is -2.44. The molecule has 1 amide bonds. The van der Waals surface area contributed by atoms with Gasteiger partial charge in [-0.25, -0.2) is 0 Å². The van der Waals surface area contributed by atoms with E-state index >= 15 is 0 Å². The maximum absolute atomic E-state index is 12.8. The summed E-state index contributed by atoms with van der Waals surface area (Å²) in [6, 6.07) is 14.4. The number of pyridine rings is 1. The Morgan fingerprint density at radius 1 is 1.15 bits per heavy atom. The first-order valence-corrected chi connectivity index (χ1v) is 9.28. The van der Waals surface area contributed by atoms with Crippen LogP contribution in [0.15, 0.2) is 54.9 Å². The third-order valence-electron chi connectivity index (χ3n) is 5.27. The average Bonchev–Trinajstić information content (AvgIpc) is 2.69. The highest BCUT2D eigenvalue weighted by Gasteiger charge is 2.43. The molecular formula is C20H25N5O. The Hall–Kier alpha value is -2.28. The van der Waals surface area contributed by atoms with Crippen molar-refractivity contribution in [2.24, 2.45) is 5.92 Å². The van der Waals surface area contributed by atoms with Crippen LogP contribution in [0.1, 0.15) is 23.5 Å². The summed E-state index contributed by atoms with van der Waals surface area (Å²) >= 11 is 0. The van der Waals surface area contributed by atoms with Crippen LogP contribution in [0.25, 0.3) is 0 Å². The molecule has 2 fully saturated rings. The number of benzene rings is 1. The van der Waals surface area contributed by atoms with Crippen molar-refractivity contribution in [2.75, 3.05) is 13.1 Å². The van der Waals surface area contributed by atoms with Crippen molar-refractivity contribution < 1.29 is 4.79 Å². The molecule has 0 aliphatic carbocycles. The van der Waals surface area contributed by atoms with E-state index in [-0.39, 0.29) is 30.2 Å². The lowest BCUT2D eigenvalue weighted by molar-refractivity contribution is -0.132. The SMILES string of the molecule is O=C1NC(NCCc2ccccc2)NC2NCCC(c3cccnc3)C12. The van der Waals surface area contributed by atoms with E-state index < -0.39 is 0 Å². The second kappa shape index (κ2) is 7.95. The highest BCUT2D eigenvalue weighted by molar-refractivity contribution is 5.81. The van der Waals surface area contributed by atoms with Crippen LogP contribution in [0, 0.1) is 5.92 Å². The van der Waals surface area contributed by atoms with Gasteiger partial charge in [-0.15, -0.1) is 0 Å². The fourth-order valence-electron chi connectivity index (χ4n) is 3.97. The summed E-state index contributed by atoms with van der Waals surface area (Å²) < 4.78 is 0. The molecular weight excluding hydrogens is 326 g/mol. The summed E-state index contributed by atoms with van der Waals surface area (Å²) in [6.45, 7) is 1.68. The third kappa shape index (κ3) is 3.77. The zero-order valence-electron chi connectivity index (χ0n) is 14.7. The molecule has 4 rings (SSSR count). The quantitative estimate of drug-likeness (QED) is 0.645. The van der Waals surface area contributed by atoms with Crippen molar-refractivity contribution in [1.29, 1.82) is 0 Å². The summed E-state index contributed by atoms with van der Waals surface area (Å²) in [7, 11) is 0. The van der Waals surface area contributed by atoms with Gasteiger partial charge in [0.05, 0.1) is 12.1 Å². The van der Waals surface area contributed by atoms with Crippen LogP contribution < -0.4 is 21.3 Å². The van der Waals surface area contributed by atoms with Gasteiger partial charge in [0.15, 0.2) is 0 Å². The zero-order valence-corrected chi connectivity index (χ0v) is 14.7. The van der Waals surface area contributed by atoms with Gasteiger partial charge in [-0.05, 0) is 36.6 Å². The number of nitrogens with one attached hydrogen (secondary N) is 4. The topological polar surface area (TPSA) is 78.1 Å². The van der Waals surface area contributed by atoms with Crippen LogP contribution >= 0.6 is 0 Å². The van der Waals surface area contributed by atoms with E-state index in [0.717, 1.165) is 31.5 Å². The predicted octanol–water partition coefficient (Wildman–Crippen LogP) is 0.936. The molecule has 2 aliphatic heterocycles. The lowest BCUT2D eigenvalue weighted by Crippen LogP contribution is -2.72. The van der Waals surface area contributed by atoms with E-state index in [1.807, 2.05) is 30.5 Å². The molecule has 6 nitrogen and oxygen atoms in total. The van der Waals surface area contributed by atoms with E-state index in [4.69, 9.17) is 0 Å². The van der Waals surface area contributed by atoms with Crippen LogP contribution in [0.4, 0.5) is 0 Å². The van der Waals surface area contributed by atoms with E-state index in [0.29, 0.717) is 0 Å². The summed E-state index contributed by atoms with van der Waals surface area (Å²) in [6.07, 6.45) is 5.27. The smallest absolute Gasteiger partial charge is 0.228 e. The second-order valence-electron chi connectivity index (χ2n) is 6.94. The number of amides is 1. The number of nitrogens with zero attached hydrogens (tertiary/aromatic N) is 1. The number of hydrogen-bond donors (Lipinski definition) is 4. The van der Waals surface area contributed by atoms with Crippen molar-refractivity contribution in [1.82, 2.24) is 26.3 Å². The molecule has 0 radical (unpaired) electrons. The average molecular weight is 351 g/mol. The first-order chi connectivity index (χ1) is 12.8. The number of carbonyl (C=O) groups is 1. The Morgan fingerprint density at radius 3 is 2.85 bits per heavy atom. The maximum Gasteiger partial charge on any atom is 0.228 e. The number of fused-ring (bicyclic) bond motifs is 1. The van der Waals surface area contributed by atoms with Crippen LogP contribution in [-0.2, 0) is 11.2 Å². The molecule has 0 bridgehead atoms. The minimum Gasteiger partial charge on any atom is -0.328 e. The molecule has 4 N–H and O–H groups in total. The van der Waals surface area contributed by atoms with Crippen molar-refractivity contribution in [2.45, 2.75) is 31.2 Å². The molecule has 26 heavy (non-hydrogen) atoms. The number of hydrogen-bond acceptors (Lipinski definition) is 5. The molecule has 4 unspecified atom stereocenters. The molecule has 1 aromatic heterocycles.